The lowest BCUT2D eigenvalue weighted by atomic mass is 10.1. The van der Waals surface area contributed by atoms with Gasteiger partial charge < -0.3 is 9.84 Å². The number of halogens is 1. The van der Waals surface area contributed by atoms with Crippen molar-refractivity contribution >= 4 is 5.91 Å². The van der Waals surface area contributed by atoms with Crippen molar-refractivity contribution in [3.63, 3.8) is 0 Å². The number of amides is 1. The SMILES string of the molecule is Cc1cc(-c2noc(C3CNC(=O)CN3)n2)ccc1F. The van der Waals surface area contributed by atoms with Crippen LogP contribution in [-0.2, 0) is 4.79 Å². The van der Waals surface area contributed by atoms with Gasteiger partial charge in [-0.05, 0) is 30.7 Å². The summed E-state index contributed by atoms with van der Waals surface area (Å²) >= 11 is 0. The molecule has 6 nitrogen and oxygen atoms in total. The molecule has 0 spiro atoms. The molecule has 1 atom stereocenters. The van der Waals surface area contributed by atoms with Gasteiger partial charge in [0.25, 0.3) is 0 Å². The highest BCUT2D eigenvalue weighted by Gasteiger charge is 2.24. The zero-order valence-corrected chi connectivity index (χ0v) is 10.8. The Bertz CT molecular complexity index is 646. The Morgan fingerprint density at radius 2 is 2.30 bits per heavy atom. The summed E-state index contributed by atoms with van der Waals surface area (Å²) in [5.74, 6) is 0.480. The molecule has 0 bridgehead atoms. The molecule has 1 aliphatic rings. The standard InChI is InChI=1S/C13H13FN4O2/c1-7-4-8(2-3-9(7)14)12-17-13(20-18-12)10-5-16-11(19)6-15-10/h2-4,10,15H,5-6H2,1H3,(H,16,19). The van der Waals surface area contributed by atoms with Gasteiger partial charge in [0.15, 0.2) is 0 Å². The first-order chi connectivity index (χ1) is 9.63. The second-order valence-corrected chi connectivity index (χ2v) is 4.66. The topological polar surface area (TPSA) is 80.0 Å². The fraction of sp³-hybridized carbons (Fsp3) is 0.308. The van der Waals surface area contributed by atoms with Gasteiger partial charge in [0.1, 0.15) is 11.9 Å². The summed E-state index contributed by atoms with van der Waals surface area (Å²) in [6.45, 7) is 2.30. The second kappa shape index (κ2) is 5.01. The monoisotopic (exact) mass is 276 g/mol. The number of aromatic nitrogens is 2. The van der Waals surface area contributed by atoms with Crippen molar-refractivity contribution in [1.29, 1.82) is 0 Å². The van der Waals surface area contributed by atoms with E-state index in [1.165, 1.54) is 6.07 Å². The molecule has 0 radical (unpaired) electrons. The van der Waals surface area contributed by atoms with Crippen molar-refractivity contribution in [3.8, 4) is 11.4 Å². The summed E-state index contributed by atoms with van der Waals surface area (Å²) in [5.41, 5.74) is 1.22. The highest BCUT2D eigenvalue weighted by molar-refractivity contribution is 5.78. The minimum absolute atomic E-state index is 0.0600. The molecule has 0 aliphatic carbocycles. The van der Waals surface area contributed by atoms with Crippen LogP contribution in [0.2, 0.25) is 0 Å². The van der Waals surface area contributed by atoms with Crippen molar-refractivity contribution in [1.82, 2.24) is 20.8 Å². The molecule has 1 fully saturated rings. The Hall–Kier alpha value is -2.28. The van der Waals surface area contributed by atoms with E-state index in [-0.39, 0.29) is 24.3 Å². The summed E-state index contributed by atoms with van der Waals surface area (Å²) in [6, 6.07) is 4.45. The second-order valence-electron chi connectivity index (χ2n) is 4.66. The molecule has 1 aromatic heterocycles. The molecule has 20 heavy (non-hydrogen) atoms. The molecule has 1 unspecified atom stereocenters. The van der Waals surface area contributed by atoms with Crippen LogP contribution in [0.4, 0.5) is 4.39 Å². The van der Waals surface area contributed by atoms with E-state index < -0.39 is 0 Å². The first kappa shape index (κ1) is 12.7. The maximum Gasteiger partial charge on any atom is 0.245 e. The zero-order chi connectivity index (χ0) is 14.1. The third-order valence-corrected chi connectivity index (χ3v) is 3.17. The van der Waals surface area contributed by atoms with Crippen LogP contribution >= 0.6 is 0 Å². The van der Waals surface area contributed by atoms with E-state index in [1.807, 2.05) is 0 Å². The molecule has 1 amide bonds. The molecular formula is C13H13FN4O2. The van der Waals surface area contributed by atoms with Crippen LogP contribution in [0.1, 0.15) is 17.5 Å². The van der Waals surface area contributed by atoms with Crippen LogP contribution in [0, 0.1) is 12.7 Å². The van der Waals surface area contributed by atoms with Crippen LogP contribution < -0.4 is 10.6 Å². The quantitative estimate of drug-likeness (QED) is 0.853. The number of piperazine rings is 1. The normalized spacial score (nSPS) is 18.9. The Morgan fingerprint density at radius 3 is 3.00 bits per heavy atom. The number of carbonyl (C=O) groups is 1. The summed E-state index contributed by atoms with van der Waals surface area (Å²) in [6.07, 6.45) is 0. The van der Waals surface area contributed by atoms with Gasteiger partial charge in [-0.2, -0.15) is 4.98 Å². The minimum atomic E-state index is -0.269. The number of aryl methyl sites for hydroxylation is 1. The van der Waals surface area contributed by atoms with Crippen LogP contribution in [0.3, 0.4) is 0 Å². The smallest absolute Gasteiger partial charge is 0.245 e. The fourth-order valence-corrected chi connectivity index (χ4v) is 2.02. The lowest BCUT2D eigenvalue weighted by Gasteiger charge is -2.20. The third-order valence-electron chi connectivity index (χ3n) is 3.17. The summed E-state index contributed by atoms with van der Waals surface area (Å²) in [5, 5.41) is 9.61. The number of benzene rings is 1. The molecule has 1 aromatic carbocycles. The van der Waals surface area contributed by atoms with Crippen molar-refractivity contribution in [2.45, 2.75) is 13.0 Å². The Labute approximate surface area is 114 Å². The van der Waals surface area contributed by atoms with E-state index in [4.69, 9.17) is 4.52 Å². The molecule has 2 N–H and O–H groups in total. The number of carbonyl (C=O) groups excluding carboxylic acids is 1. The number of hydrogen-bond donors (Lipinski definition) is 2. The van der Waals surface area contributed by atoms with Crippen LogP contribution in [0.25, 0.3) is 11.4 Å². The average Bonchev–Trinajstić information content (AvgIpc) is 2.92. The molecule has 104 valence electrons. The minimum Gasteiger partial charge on any atom is -0.353 e. The lowest BCUT2D eigenvalue weighted by molar-refractivity contribution is -0.121. The van der Waals surface area contributed by atoms with Gasteiger partial charge in [-0.1, -0.05) is 5.16 Å². The van der Waals surface area contributed by atoms with Crippen molar-refractivity contribution < 1.29 is 13.7 Å². The summed E-state index contributed by atoms with van der Waals surface area (Å²) in [7, 11) is 0. The number of rotatable bonds is 2. The van der Waals surface area contributed by atoms with Gasteiger partial charge in [-0.25, -0.2) is 4.39 Å². The molecule has 3 rings (SSSR count). The van der Waals surface area contributed by atoms with Gasteiger partial charge in [0.2, 0.25) is 17.6 Å². The van der Waals surface area contributed by atoms with E-state index in [0.717, 1.165) is 0 Å². The predicted octanol–water partition coefficient (Wildman–Crippen LogP) is 0.945. The maximum atomic E-state index is 13.2. The molecule has 2 aromatic rings. The van der Waals surface area contributed by atoms with E-state index in [9.17, 15) is 9.18 Å². The Kier molecular flexibility index (Phi) is 3.19. The predicted molar refractivity (Wildman–Crippen MR) is 68.2 cm³/mol. The zero-order valence-electron chi connectivity index (χ0n) is 10.8. The first-order valence-electron chi connectivity index (χ1n) is 6.23. The van der Waals surface area contributed by atoms with Gasteiger partial charge >= 0.3 is 0 Å². The molecule has 1 aliphatic heterocycles. The third kappa shape index (κ3) is 2.39. The fourth-order valence-electron chi connectivity index (χ4n) is 2.02. The number of nitrogens with zero attached hydrogens (tertiary/aromatic N) is 2. The van der Waals surface area contributed by atoms with Crippen LogP contribution in [0.15, 0.2) is 22.7 Å². The number of nitrogens with one attached hydrogen (secondary N) is 2. The Balaban J connectivity index is 1.82. The molecule has 0 saturated carbocycles. The molecule has 7 heteroatoms. The molecule has 1 saturated heterocycles. The van der Waals surface area contributed by atoms with Gasteiger partial charge in [0.05, 0.1) is 6.54 Å². The van der Waals surface area contributed by atoms with Gasteiger partial charge in [-0.3, -0.25) is 10.1 Å². The highest BCUT2D eigenvalue weighted by Crippen LogP contribution is 2.21. The lowest BCUT2D eigenvalue weighted by Crippen LogP contribution is -2.47. The number of hydrogen-bond acceptors (Lipinski definition) is 5. The molecule has 2 heterocycles. The van der Waals surface area contributed by atoms with Crippen LogP contribution in [-0.4, -0.2) is 29.1 Å². The summed E-state index contributed by atoms with van der Waals surface area (Å²) < 4.78 is 18.4. The van der Waals surface area contributed by atoms with Crippen molar-refractivity contribution in [3.05, 3.63) is 35.5 Å². The molecular weight excluding hydrogens is 263 g/mol. The van der Waals surface area contributed by atoms with Crippen molar-refractivity contribution in [2.24, 2.45) is 0 Å². The van der Waals surface area contributed by atoms with E-state index in [0.29, 0.717) is 29.4 Å². The van der Waals surface area contributed by atoms with Gasteiger partial charge in [-0.15, -0.1) is 0 Å². The summed E-state index contributed by atoms with van der Waals surface area (Å²) in [4.78, 5) is 15.3. The van der Waals surface area contributed by atoms with E-state index in [2.05, 4.69) is 20.8 Å². The van der Waals surface area contributed by atoms with Gasteiger partial charge in [0, 0.05) is 12.1 Å². The largest absolute Gasteiger partial charge is 0.353 e. The first-order valence-corrected chi connectivity index (χ1v) is 6.23. The highest BCUT2D eigenvalue weighted by atomic mass is 19.1. The van der Waals surface area contributed by atoms with Crippen LogP contribution in [0.5, 0.6) is 0 Å². The Morgan fingerprint density at radius 1 is 1.45 bits per heavy atom. The maximum absolute atomic E-state index is 13.2. The van der Waals surface area contributed by atoms with E-state index in [1.54, 1.807) is 19.1 Å². The van der Waals surface area contributed by atoms with Crippen molar-refractivity contribution in [2.75, 3.05) is 13.1 Å². The van der Waals surface area contributed by atoms with E-state index >= 15 is 0 Å². The average molecular weight is 276 g/mol.